The lowest BCUT2D eigenvalue weighted by atomic mass is 10.2. The van der Waals surface area contributed by atoms with Gasteiger partial charge in [-0.1, -0.05) is 18.2 Å². The first-order valence-corrected chi connectivity index (χ1v) is 5.68. The minimum Gasteiger partial charge on any atom is -0.434 e. The number of nitrogens with zero attached hydrogens (tertiary/aromatic N) is 3. The highest BCUT2D eigenvalue weighted by Crippen LogP contribution is 2.21. The Morgan fingerprint density at radius 2 is 2.05 bits per heavy atom. The first-order chi connectivity index (χ1) is 9.69. The molecule has 1 aromatic heterocycles. The Bertz CT molecular complexity index is 611. The maximum atomic E-state index is 12.3. The predicted molar refractivity (Wildman–Crippen MR) is 67.1 cm³/mol. The van der Waals surface area contributed by atoms with Crippen molar-refractivity contribution in [3.8, 4) is 11.8 Å². The quantitative estimate of drug-likeness (QED) is 0.908. The first kappa shape index (κ1) is 13.7. The highest BCUT2D eigenvalue weighted by molar-refractivity contribution is 5.39. The van der Waals surface area contributed by atoms with Crippen molar-refractivity contribution in [3.63, 3.8) is 0 Å². The molecule has 1 N–H and O–H groups in total. The fraction of sp³-hybridized carbons (Fsp3) is 0.154. The number of hydrogen-bond acceptors (Lipinski definition) is 5. The molecule has 0 radical (unpaired) electrons. The molecule has 102 valence electrons. The highest BCUT2D eigenvalue weighted by Gasteiger charge is 2.09. The van der Waals surface area contributed by atoms with Crippen LogP contribution in [-0.4, -0.2) is 16.6 Å². The fourth-order valence-electron chi connectivity index (χ4n) is 1.52. The molecule has 0 aliphatic heterocycles. The molecule has 2 aromatic rings. The van der Waals surface area contributed by atoms with E-state index in [0.29, 0.717) is 11.4 Å². The van der Waals surface area contributed by atoms with Gasteiger partial charge in [0.15, 0.2) is 5.69 Å². The van der Waals surface area contributed by atoms with Crippen molar-refractivity contribution in [1.29, 1.82) is 5.26 Å². The summed E-state index contributed by atoms with van der Waals surface area (Å²) in [5.74, 6) is 0.549. The summed E-state index contributed by atoms with van der Waals surface area (Å²) in [6.45, 7) is -2.62. The van der Waals surface area contributed by atoms with Gasteiger partial charge >= 0.3 is 6.61 Å². The summed E-state index contributed by atoms with van der Waals surface area (Å²) in [6, 6.07) is 8.32. The molecule has 0 bridgehead atoms. The van der Waals surface area contributed by atoms with Gasteiger partial charge in [-0.05, 0) is 6.07 Å². The summed E-state index contributed by atoms with van der Waals surface area (Å²) in [4.78, 5) is 7.81. The van der Waals surface area contributed by atoms with Crippen molar-refractivity contribution < 1.29 is 13.5 Å². The van der Waals surface area contributed by atoms with Gasteiger partial charge < -0.3 is 10.1 Å². The first-order valence-electron chi connectivity index (χ1n) is 5.68. The number of hydrogen-bond donors (Lipinski definition) is 1. The number of halogens is 2. The molecule has 7 heteroatoms. The summed E-state index contributed by atoms with van der Waals surface area (Å²) in [7, 11) is 0. The van der Waals surface area contributed by atoms with Crippen LogP contribution < -0.4 is 10.1 Å². The van der Waals surface area contributed by atoms with Crippen LogP contribution in [0.25, 0.3) is 0 Å². The summed E-state index contributed by atoms with van der Waals surface area (Å²) >= 11 is 0. The third kappa shape index (κ3) is 3.62. The van der Waals surface area contributed by atoms with Crippen molar-refractivity contribution >= 4 is 5.82 Å². The fourth-order valence-corrected chi connectivity index (χ4v) is 1.52. The minimum atomic E-state index is -2.87. The molecule has 5 nitrogen and oxygen atoms in total. The summed E-state index contributed by atoms with van der Waals surface area (Å²) in [5.41, 5.74) is 0.774. The molecule has 0 spiro atoms. The van der Waals surface area contributed by atoms with E-state index in [2.05, 4.69) is 20.0 Å². The zero-order chi connectivity index (χ0) is 14.4. The van der Waals surface area contributed by atoms with Crippen molar-refractivity contribution in [2.75, 3.05) is 5.32 Å². The van der Waals surface area contributed by atoms with E-state index in [1.165, 1.54) is 18.5 Å². The van der Waals surface area contributed by atoms with Crippen molar-refractivity contribution in [1.82, 2.24) is 9.97 Å². The SMILES string of the molecule is N#Cc1cnc(NCc2ccccc2OC(F)F)cn1. The number of nitriles is 1. The normalized spacial score (nSPS) is 10.1. The number of alkyl halides is 2. The number of nitrogens with one attached hydrogen (secondary N) is 1. The Hall–Kier alpha value is -2.75. The number of ether oxygens (including phenoxy) is 1. The highest BCUT2D eigenvalue weighted by atomic mass is 19.3. The lowest BCUT2D eigenvalue weighted by Crippen LogP contribution is -2.07. The second-order valence-corrected chi connectivity index (χ2v) is 3.74. The molecule has 0 saturated carbocycles. The van der Waals surface area contributed by atoms with E-state index >= 15 is 0 Å². The molecule has 20 heavy (non-hydrogen) atoms. The van der Waals surface area contributed by atoms with Gasteiger partial charge in [0.2, 0.25) is 0 Å². The van der Waals surface area contributed by atoms with Gasteiger partial charge in [0.25, 0.3) is 0 Å². The number of anilines is 1. The molecular weight excluding hydrogens is 266 g/mol. The Labute approximate surface area is 113 Å². The van der Waals surface area contributed by atoms with Crippen LogP contribution in [-0.2, 0) is 6.54 Å². The van der Waals surface area contributed by atoms with Gasteiger partial charge in [0.05, 0.1) is 12.4 Å². The zero-order valence-electron chi connectivity index (χ0n) is 10.3. The summed E-state index contributed by atoms with van der Waals surface area (Å²) in [5, 5.41) is 11.5. The van der Waals surface area contributed by atoms with E-state index in [9.17, 15) is 8.78 Å². The van der Waals surface area contributed by atoms with Crippen molar-refractivity contribution in [2.45, 2.75) is 13.2 Å². The molecule has 0 atom stereocenters. The van der Waals surface area contributed by atoms with E-state index in [1.54, 1.807) is 18.2 Å². The van der Waals surface area contributed by atoms with Crippen LogP contribution >= 0.6 is 0 Å². The van der Waals surface area contributed by atoms with Crippen LogP contribution in [0.4, 0.5) is 14.6 Å². The molecule has 0 unspecified atom stereocenters. The van der Waals surface area contributed by atoms with E-state index in [0.717, 1.165) is 0 Å². The Balaban J connectivity index is 2.04. The van der Waals surface area contributed by atoms with E-state index < -0.39 is 6.61 Å². The Morgan fingerprint density at radius 1 is 1.25 bits per heavy atom. The number of para-hydroxylation sites is 1. The average Bonchev–Trinajstić information content (AvgIpc) is 2.46. The molecule has 0 aliphatic carbocycles. The van der Waals surface area contributed by atoms with E-state index in [-0.39, 0.29) is 18.0 Å². The molecule has 1 heterocycles. The van der Waals surface area contributed by atoms with Gasteiger partial charge in [-0.2, -0.15) is 14.0 Å². The third-order valence-electron chi connectivity index (χ3n) is 2.42. The van der Waals surface area contributed by atoms with Crippen LogP contribution in [0.15, 0.2) is 36.7 Å². The molecular formula is C13H10F2N4O. The molecule has 1 aromatic carbocycles. The number of rotatable bonds is 5. The van der Waals surface area contributed by atoms with Crippen molar-refractivity contribution in [2.24, 2.45) is 0 Å². The topological polar surface area (TPSA) is 70.8 Å². The molecule has 0 saturated heterocycles. The van der Waals surface area contributed by atoms with Crippen molar-refractivity contribution in [3.05, 3.63) is 47.9 Å². The van der Waals surface area contributed by atoms with Gasteiger partial charge in [-0.3, -0.25) is 0 Å². The average molecular weight is 276 g/mol. The van der Waals surface area contributed by atoms with Crippen LogP contribution in [0.3, 0.4) is 0 Å². The van der Waals surface area contributed by atoms with Crippen LogP contribution in [0.5, 0.6) is 5.75 Å². The lowest BCUT2D eigenvalue weighted by Gasteiger charge is -2.11. The smallest absolute Gasteiger partial charge is 0.387 e. The van der Waals surface area contributed by atoms with E-state index in [1.807, 2.05) is 6.07 Å². The molecule has 0 aliphatic rings. The summed E-state index contributed by atoms with van der Waals surface area (Å²) < 4.78 is 28.9. The van der Waals surface area contributed by atoms with Crippen LogP contribution in [0, 0.1) is 11.3 Å². The van der Waals surface area contributed by atoms with Gasteiger partial charge in [-0.15, -0.1) is 0 Å². The standard InChI is InChI=1S/C13H10F2N4O/c14-13(15)20-11-4-2-1-3-9(11)6-18-12-8-17-10(5-16)7-19-12/h1-4,7-8,13H,6H2,(H,18,19). The third-order valence-corrected chi connectivity index (χ3v) is 2.42. The number of benzene rings is 1. The maximum absolute atomic E-state index is 12.3. The van der Waals surface area contributed by atoms with E-state index in [4.69, 9.17) is 5.26 Å². The van der Waals surface area contributed by atoms with Gasteiger partial charge in [0.1, 0.15) is 17.6 Å². The summed E-state index contributed by atoms with van der Waals surface area (Å²) in [6.07, 6.45) is 2.72. The monoisotopic (exact) mass is 276 g/mol. The van der Waals surface area contributed by atoms with Gasteiger partial charge in [0, 0.05) is 12.1 Å². The van der Waals surface area contributed by atoms with Crippen LogP contribution in [0.1, 0.15) is 11.3 Å². The second kappa shape index (κ2) is 6.43. The molecule has 2 rings (SSSR count). The predicted octanol–water partition coefficient (Wildman–Crippen LogP) is 2.56. The van der Waals surface area contributed by atoms with Crippen LogP contribution in [0.2, 0.25) is 0 Å². The molecule has 0 amide bonds. The second-order valence-electron chi connectivity index (χ2n) is 3.74. The largest absolute Gasteiger partial charge is 0.434 e. The zero-order valence-corrected chi connectivity index (χ0v) is 10.3. The van der Waals surface area contributed by atoms with Gasteiger partial charge in [-0.25, -0.2) is 9.97 Å². The Kier molecular flexibility index (Phi) is 4.39. The molecule has 0 fully saturated rings. The maximum Gasteiger partial charge on any atom is 0.387 e. The lowest BCUT2D eigenvalue weighted by molar-refractivity contribution is -0.0504. The minimum absolute atomic E-state index is 0.108. The Morgan fingerprint density at radius 3 is 2.70 bits per heavy atom. The number of aromatic nitrogens is 2.